The lowest BCUT2D eigenvalue weighted by atomic mass is 9.90. The molecule has 2 saturated carbocycles. The topological polar surface area (TPSA) is 54.5 Å². The van der Waals surface area contributed by atoms with Crippen LogP contribution < -0.4 is 0 Å². The van der Waals surface area contributed by atoms with Gasteiger partial charge in [0.1, 0.15) is 5.82 Å². The van der Waals surface area contributed by atoms with Gasteiger partial charge in [0.2, 0.25) is 0 Å². The molecule has 5 heteroatoms. The maximum Gasteiger partial charge on any atom is 0.191 e. The lowest BCUT2D eigenvalue weighted by Crippen LogP contribution is -2.08. The minimum Gasteiger partial charge on any atom is -0.303 e. The molecule has 0 N–H and O–H groups in total. The molecule has 1 heterocycles. The highest BCUT2D eigenvalue weighted by atomic mass is 32.2. The Bertz CT molecular complexity index is 520. The van der Waals surface area contributed by atoms with Crippen LogP contribution in [0.1, 0.15) is 70.2 Å². The fourth-order valence-electron chi connectivity index (χ4n) is 2.42. The van der Waals surface area contributed by atoms with Crippen molar-refractivity contribution < 1.29 is 0 Å². The minimum atomic E-state index is -0.204. The average Bonchev–Trinajstić information content (AvgIpc) is 3.33. The molecule has 3 rings (SSSR count). The highest BCUT2D eigenvalue weighted by Gasteiger charge is 2.36. The van der Waals surface area contributed by atoms with Crippen LogP contribution in [0.25, 0.3) is 0 Å². The summed E-state index contributed by atoms with van der Waals surface area (Å²) in [5.74, 6) is 2.93. The van der Waals surface area contributed by atoms with Crippen molar-refractivity contribution in [3.05, 3.63) is 5.82 Å². The van der Waals surface area contributed by atoms with Crippen molar-refractivity contribution in [3.63, 3.8) is 0 Å². The normalized spacial score (nSPS) is 19.1. The molecular weight excluding hydrogens is 268 g/mol. The van der Waals surface area contributed by atoms with Crippen LogP contribution in [-0.2, 0) is 0 Å². The van der Waals surface area contributed by atoms with Crippen molar-refractivity contribution in [3.8, 4) is 6.07 Å². The van der Waals surface area contributed by atoms with Crippen LogP contribution in [0.5, 0.6) is 0 Å². The van der Waals surface area contributed by atoms with Crippen LogP contribution in [0.3, 0.4) is 0 Å². The summed E-state index contributed by atoms with van der Waals surface area (Å²) in [6.45, 7) is 4.02. The Morgan fingerprint density at radius 3 is 2.65 bits per heavy atom. The molecule has 1 aromatic heterocycles. The Hall–Kier alpha value is -1.02. The van der Waals surface area contributed by atoms with Gasteiger partial charge < -0.3 is 4.57 Å². The number of thioether (sulfide) groups is 1. The molecule has 4 nitrogen and oxygen atoms in total. The number of nitriles is 1. The van der Waals surface area contributed by atoms with Crippen molar-refractivity contribution >= 4 is 11.8 Å². The lowest BCUT2D eigenvalue weighted by Gasteiger charge is -2.14. The monoisotopic (exact) mass is 290 g/mol. The van der Waals surface area contributed by atoms with E-state index in [9.17, 15) is 0 Å². The van der Waals surface area contributed by atoms with Crippen molar-refractivity contribution in [2.45, 2.75) is 69.5 Å². The van der Waals surface area contributed by atoms with Crippen LogP contribution in [0.4, 0.5) is 0 Å². The molecule has 2 fully saturated rings. The predicted molar refractivity (Wildman–Crippen MR) is 79.6 cm³/mol. The van der Waals surface area contributed by atoms with Gasteiger partial charge in [-0.3, -0.25) is 0 Å². The van der Waals surface area contributed by atoms with Crippen LogP contribution in [0.2, 0.25) is 0 Å². The van der Waals surface area contributed by atoms with Gasteiger partial charge in [-0.15, -0.1) is 10.2 Å². The van der Waals surface area contributed by atoms with E-state index in [-0.39, 0.29) is 5.41 Å². The minimum absolute atomic E-state index is 0.204. The van der Waals surface area contributed by atoms with Gasteiger partial charge in [0, 0.05) is 17.7 Å². The second-order valence-corrected chi connectivity index (χ2v) is 7.73. The molecule has 0 spiro atoms. The van der Waals surface area contributed by atoms with Crippen LogP contribution in [0.15, 0.2) is 5.16 Å². The number of hydrogen-bond donors (Lipinski definition) is 0. The molecule has 108 valence electrons. The van der Waals surface area contributed by atoms with E-state index in [1.165, 1.54) is 31.5 Å². The molecule has 0 aromatic carbocycles. The van der Waals surface area contributed by atoms with Crippen molar-refractivity contribution in [2.75, 3.05) is 5.75 Å². The third-order valence-corrected chi connectivity index (χ3v) is 5.05. The molecule has 0 saturated heterocycles. The summed E-state index contributed by atoms with van der Waals surface area (Å²) in [5, 5.41) is 19.0. The molecule has 2 aliphatic carbocycles. The van der Waals surface area contributed by atoms with E-state index in [0.717, 1.165) is 23.8 Å². The zero-order valence-corrected chi connectivity index (χ0v) is 13.1. The first-order valence-corrected chi connectivity index (χ1v) is 8.58. The number of rotatable bonds is 7. The maximum atomic E-state index is 9.02. The van der Waals surface area contributed by atoms with Gasteiger partial charge in [-0.25, -0.2) is 0 Å². The van der Waals surface area contributed by atoms with Gasteiger partial charge in [0.15, 0.2) is 5.16 Å². The molecule has 0 bridgehead atoms. The predicted octanol–water partition coefficient (Wildman–Crippen LogP) is 3.91. The van der Waals surface area contributed by atoms with Gasteiger partial charge >= 0.3 is 0 Å². The molecule has 0 unspecified atom stereocenters. The molecule has 2 aliphatic rings. The summed E-state index contributed by atoms with van der Waals surface area (Å²) in [4.78, 5) is 0. The van der Waals surface area contributed by atoms with Gasteiger partial charge in [-0.05, 0) is 52.4 Å². The van der Waals surface area contributed by atoms with Gasteiger partial charge in [0.25, 0.3) is 0 Å². The van der Waals surface area contributed by atoms with Crippen LogP contribution in [-0.4, -0.2) is 20.5 Å². The number of hydrogen-bond acceptors (Lipinski definition) is 4. The largest absolute Gasteiger partial charge is 0.303 e. The van der Waals surface area contributed by atoms with Gasteiger partial charge in [0.05, 0.1) is 11.5 Å². The Labute approximate surface area is 125 Å². The summed E-state index contributed by atoms with van der Waals surface area (Å²) in [6, 6.07) is 3.03. The Morgan fingerprint density at radius 2 is 2.05 bits per heavy atom. The Balaban J connectivity index is 1.57. The molecule has 1 aromatic rings. The first kappa shape index (κ1) is 13.9. The standard InChI is InChI=1S/C15H22N4S/c1-15(2,10-16)8-3-9-20-14-18-17-13(11-4-5-11)19(14)12-6-7-12/h11-12H,3-9H2,1-2H3. The second-order valence-electron chi connectivity index (χ2n) is 6.66. The third-order valence-electron chi connectivity index (χ3n) is 4.03. The number of aromatic nitrogens is 3. The molecule has 0 aliphatic heterocycles. The fraction of sp³-hybridized carbons (Fsp3) is 0.800. The quantitative estimate of drug-likeness (QED) is 0.564. The first-order valence-electron chi connectivity index (χ1n) is 7.59. The van der Waals surface area contributed by atoms with Gasteiger partial charge in [-0.2, -0.15) is 5.26 Å². The van der Waals surface area contributed by atoms with Crippen LogP contribution >= 0.6 is 11.8 Å². The van der Waals surface area contributed by atoms with E-state index in [1.807, 2.05) is 25.6 Å². The van der Waals surface area contributed by atoms with Gasteiger partial charge in [-0.1, -0.05) is 11.8 Å². The zero-order valence-electron chi connectivity index (χ0n) is 12.3. The first-order chi connectivity index (χ1) is 9.61. The van der Waals surface area contributed by atoms with Crippen molar-refractivity contribution in [2.24, 2.45) is 5.41 Å². The number of nitrogens with zero attached hydrogens (tertiary/aromatic N) is 4. The fourth-order valence-corrected chi connectivity index (χ4v) is 3.37. The van der Waals surface area contributed by atoms with E-state index in [2.05, 4.69) is 20.8 Å². The molecule has 20 heavy (non-hydrogen) atoms. The Morgan fingerprint density at radius 1 is 1.30 bits per heavy atom. The van der Waals surface area contributed by atoms with E-state index in [4.69, 9.17) is 5.26 Å². The van der Waals surface area contributed by atoms with E-state index >= 15 is 0 Å². The summed E-state index contributed by atoms with van der Waals surface area (Å²) in [6.07, 6.45) is 7.14. The summed E-state index contributed by atoms with van der Waals surface area (Å²) >= 11 is 1.81. The molecule has 0 amide bonds. The highest BCUT2D eigenvalue weighted by molar-refractivity contribution is 7.99. The highest BCUT2D eigenvalue weighted by Crippen LogP contribution is 2.46. The summed E-state index contributed by atoms with van der Waals surface area (Å²) in [7, 11) is 0. The Kier molecular flexibility index (Phi) is 3.76. The van der Waals surface area contributed by atoms with E-state index < -0.39 is 0 Å². The molecule has 0 radical (unpaired) electrons. The average molecular weight is 290 g/mol. The molecule has 0 atom stereocenters. The SMILES string of the molecule is CC(C)(C#N)CCCSc1nnc(C2CC2)n1C1CC1. The lowest BCUT2D eigenvalue weighted by molar-refractivity contribution is 0.447. The van der Waals surface area contributed by atoms with Crippen LogP contribution in [0, 0.1) is 16.7 Å². The smallest absolute Gasteiger partial charge is 0.191 e. The second kappa shape index (κ2) is 5.40. The van der Waals surface area contributed by atoms with Crippen molar-refractivity contribution in [1.82, 2.24) is 14.8 Å². The van der Waals surface area contributed by atoms with Crippen molar-refractivity contribution in [1.29, 1.82) is 5.26 Å². The summed E-state index contributed by atoms with van der Waals surface area (Å²) < 4.78 is 2.40. The molecular formula is C15H22N4S. The third kappa shape index (κ3) is 3.17. The van der Waals surface area contributed by atoms with E-state index in [1.54, 1.807) is 0 Å². The zero-order chi connectivity index (χ0) is 14.2. The summed E-state index contributed by atoms with van der Waals surface area (Å²) in [5.41, 5.74) is -0.204. The maximum absolute atomic E-state index is 9.02. The van der Waals surface area contributed by atoms with E-state index in [0.29, 0.717) is 12.0 Å².